The Balaban J connectivity index is 1.66. The van der Waals surface area contributed by atoms with Crippen LogP contribution in [-0.2, 0) is 6.61 Å². The molecule has 0 radical (unpaired) electrons. The zero-order valence-corrected chi connectivity index (χ0v) is 16.0. The number of ether oxygens (including phenoxy) is 1. The van der Waals surface area contributed by atoms with E-state index < -0.39 is 0 Å². The van der Waals surface area contributed by atoms with Crippen molar-refractivity contribution in [2.75, 3.05) is 26.2 Å². The third-order valence-electron chi connectivity index (χ3n) is 4.71. The number of amides is 1. The molecule has 2 aromatic carbocycles. The molecule has 0 fully saturated rings. The molecule has 0 unspecified atom stereocenters. The fourth-order valence-corrected chi connectivity index (χ4v) is 3.07. The van der Waals surface area contributed by atoms with Crippen LogP contribution in [-0.4, -0.2) is 42.0 Å². The highest BCUT2D eigenvalue weighted by molar-refractivity contribution is 5.99. The number of carbonyl (C=O) groups is 1. The number of para-hydroxylation sites is 1. The van der Waals surface area contributed by atoms with Crippen molar-refractivity contribution < 1.29 is 9.53 Å². The highest BCUT2D eigenvalue weighted by Gasteiger charge is 2.12. The first-order valence-corrected chi connectivity index (χ1v) is 9.50. The van der Waals surface area contributed by atoms with Gasteiger partial charge in [-0.3, -0.25) is 4.79 Å². The topological polar surface area (TPSA) is 57.4 Å². The van der Waals surface area contributed by atoms with Crippen LogP contribution < -0.4 is 10.1 Å². The number of nitrogens with zero attached hydrogens (tertiary/aromatic N) is 1. The van der Waals surface area contributed by atoms with Gasteiger partial charge in [0.05, 0.1) is 5.52 Å². The van der Waals surface area contributed by atoms with Crippen LogP contribution >= 0.6 is 0 Å². The van der Waals surface area contributed by atoms with Gasteiger partial charge in [-0.1, -0.05) is 56.3 Å². The molecular weight excluding hydrogens is 338 g/mol. The summed E-state index contributed by atoms with van der Waals surface area (Å²) in [6, 6.07) is 17.8. The molecule has 0 aliphatic heterocycles. The summed E-state index contributed by atoms with van der Waals surface area (Å²) in [6.45, 7) is 8.20. The number of H-pyrrole nitrogens is 1. The Morgan fingerprint density at radius 3 is 2.59 bits per heavy atom. The van der Waals surface area contributed by atoms with Gasteiger partial charge in [0.1, 0.15) is 18.1 Å². The van der Waals surface area contributed by atoms with Crippen molar-refractivity contribution >= 4 is 16.8 Å². The first-order chi connectivity index (χ1) is 13.2. The van der Waals surface area contributed by atoms with E-state index in [1.807, 2.05) is 54.6 Å². The van der Waals surface area contributed by atoms with Crippen molar-refractivity contribution in [2.24, 2.45) is 0 Å². The molecule has 1 heterocycles. The number of benzene rings is 2. The van der Waals surface area contributed by atoms with E-state index in [2.05, 4.69) is 29.0 Å². The van der Waals surface area contributed by atoms with Crippen molar-refractivity contribution in [3.63, 3.8) is 0 Å². The van der Waals surface area contributed by atoms with Crippen LogP contribution in [0.1, 0.15) is 29.9 Å². The van der Waals surface area contributed by atoms with Crippen LogP contribution in [0.15, 0.2) is 54.6 Å². The van der Waals surface area contributed by atoms with Crippen molar-refractivity contribution in [3.05, 3.63) is 65.9 Å². The number of rotatable bonds is 9. The summed E-state index contributed by atoms with van der Waals surface area (Å²) in [6.07, 6.45) is 0. The zero-order chi connectivity index (χ0) is 19.1. The van der Waals surface area contributed by atoms with Gasteiger partial charge < -0.3 is 19.9 Å². The molecule has 0 saturated carbocycles. The van der Waals surface area contributed by atoms with Crippen LogP contribution in [0, 0.1) is 0 Å². The fourth-order valence-electron chi connectivity index (χ4n) is 3.07. The van der Waals surface area contributed by atoms with E-state index in [0.717, 1.165) is 41.9 Å². The number of aromatic amines is 1. The molecule has 5 heteroatoms. The van der Waals surface area contributed by atoms with Crippen molar-refractivity contribution in [3.8, 4) is 5.75 Å². The van der Waals surface area contributed by atoms with Gasteiger partial charge in [0.15, 0.2) is 0 Å². The first kappa shape index (κ1) is 19.0. The predicted molar refractivity (Wildman–Crippen MR) is 109 cm³/mol. The van der Waals surface area contributed by atoms with E-state index in [1.165, 1.54) is 0 Å². The van der Waals surface area contributed by atoms with Gasteiger partial charge in [-0.25, -0.2) is 0 Å². The van der Waals surface area contributed by atoms with Gasteiger partial charge in [-0.05, 0) is 30.8 Å². The van der Waals surface area contributed by atoms with E-state index in [0.29, 0.717) is 18.8 Å². The first-order valence-electron chi connectivity index (χ1n) is 9.50. The van der Waals surface area contributed by atoms with E-state index in [-0.39, 0.29) is 5.91 Å². The van der Waals surface area contributed by atoms with Crippen molar-refractivity contribution in [1.29, 1.82) is 0 Å². The van der Waals surface area contributed by atoms with Crippen LogP contribution in [0.25, 0.3) is 10.9 Å². The number of hydrogen-bond donors (Lipinski definition) is 2. The second kappa shape index (κ2) is 9.24. The van der Waals surface area contributed by atoms with Gasteiger partial charge in [0, 0.05) is 18.5 Å². The lowest BCUT2D eigenvalue weighted by Crippen LogP contribution is -2.34. The highest BCUT2D eigenvalue weighted by atomic mass is 16.5. The van der Waals surface area contributed by atoms with E-state index >= 15 is 0 Å². The third-order valence-corrected chi connectivity index (χ3v) is 4.71. The Morgan fingerprint density at radius 2 is 1.85 bits per heavy atom. The number of likely N-dealkylation sites (N-methyl/N-ethyl adjacent to an activating group) is 1. The second-order valence-corrected chi connectivity index (χ2v) is 6.46. The Bertz CT molecular complexity index is 870. The Kier molecular flexibility index (Phi) is 6.49. The Labute approximate surface area is 160 Å². The Hall–Kier alpha value is -2.79. The van der Waals surface area contributed by atoms with Gasteiger partial charge in [-0.2, -0.15) is 0 Å². The van der Waals surface area contributed by atoms with Crippen LogP contribution in [0.4, 0.5) is 0 Å². The minimum absolute atomic E-state index is 0.0904. The largest absolute Gasteiger partial charge is 0.487 e. The maximum absolute atomic E-state index is 12.5. The molecular formula is C22H27N3O2. The number of aromatic nitrogens is 1. The molecule has 5 nitrogen and oxygen atoms in total. The lowest BCUT2D eigenvalue weighted by molar-refractivity contribution is 0.0945. The molecule has 2 N–H and O–H groups in total. The molecule has 0 bridgehead atoms. The normalized spacial score (nSPS) is 11.1. The molecule has 27 heavy (non-hydrogen) atoms. The summed E-state index contributed by atoms with van der Waals surface area (Å²) in [4.78, 5) is 18.0. The number of nitrogens with one attached hydrogen (secondary N) is 2. The molecule has 0 spiro atoms. The molecule has 142 valence electrons. The molecule has 1 amide bonds. The maximum Gasteiger partial charge on any atom is 0.267 e. The molecule has 0 aliphatic rings. The minimum Gasteiger partial charge on any atom is -0.487 e. The molecule has 1 aromatic heterocycles. The van der Waals surface area contributed by atoms with Gasteiger partial charge in [0.2, 0.25) is 0 Å². The maximum atomic E-state index is 12.5. The number of fused-ring (bicyclic) bond motifs is 1. The fraction of sp³-hybridized carbons (Fsp3) is 0.318. The van der Waals surface area contributed by atoms with Crippen LogP contribution in [0.2, 0.25) is 0 Å². The van der Waals surface area contributed by atoms with Crippen molar-refractivity contribution in [2.45, 2.75) is 20.5 Å². The Morgan fingerprint density at radius 1 is 1.07 bits per heavy atom. The van der Waals surface area contributed by atoms with Crippen LogP contribution in [0.5, 0.6) is 5.75 Å². The monoisotopic (exact) mass is 365 g/mol. The summed E-state index contributed by atoms with van der Waals surface area (Å²) in [5, 5.41) is 3.95. The van der Waals surface area contributed by atoms with E-state index in [4.69, 9.17) is 4.74 Å². The summed E-state index contributed by atoms with van der Waals surface area (Å²) >= 11 is 0. The molecule has 0 atom stereocenters. The quantitative estimate of drug-likeness (QED) is 0.606. The van der Waals surface area contributed by atoms with Gasteiger partial charge in [-0.15, -0.1) is 0 Å². The molecule has 3 rings (SSSR count). The standard InChI is InChI=1S/C22H27N3O2/c1-3-25(4-2)14-13-23-22(26)19-15-18-11-8-12-20(21(18)24-19)27-16-17-9-6-5-7-10-17/h5-12,15,24H,3-4,13-14,16H2,1-2H3,(H,23,26). The average Bonchev–Trinajstić information content (AvgIpc) is 3.15. The second-order valence-electron chi connectivity index (χ2n) is 6.46. The molecule has 3 aromatic rings. The van der Waals surface area contributed by atoms with E-state index in [9.17, 15) is 4.79 Å². The summed E-state index contributed by atoms with van der Waals surface area (Å²) in [7, 11) is 0. The molecule has 0 saturated heterocycles. The molecule has 0 aliphatic carbocycles. The average molecular weight is 365 g/mol. The van der Waals surface area contributed by atoms with Gasteiger partial charge in [0.25, 0.3) is 5.91 Å². The van der Waals surface area contributed by atoms with Crippen LogP contribution in [0.3, 0.4) is 0 Å². The number of carbonyl (C=O) groups excluding carboxylic acids is 1. The lowest BCUT2D eigenvalue weighted by atomic mass is 10.2. The van der Waals surface area contributed by atoms with E-state index in [1.54, 1.807) is 0 Å². The minimum atomic E-state index is -0.0904. The summed E-state index contributed by atoms with van der Waals surface area (Å²) in [5.74, 6) is 0.658. The van der Waals surface area contributed by atoms with Gasteiger partial charge >= 0.3 is 0 Å². The zero-order valence-electron chi connectivity index (χ0n) is 16.0. The lowest BCUT2D eigenvalue weighted by Gasteiger charge is -2.17. The highest BCUT2D eigenvalue weighted by Crippen LogP contribution is 2.26. The summed E-state index contributed by atoms with van der Waals surface area (Å²) in [5.41, 5.74) is 2.51. The number of hydrogen-bond acceptors (Lipinski definition) is 3. The predicted octanol–water partition coefficient (Wildman–Crippen LogP) is 3.82. The third kappa shape index (κ3) is 4.89. The van der Waals surface area contributed by atoms with Crippen molar-refractivity contribution in [1.82, 2.24) is 15.2 Å². The smallest absolute Gasteiger partial charge is 0.267 e. The summed E-state index contributed by atoms with van der Waals surface area (Å²) < 4.78 is 5.97. The SMILES string of the molecule is CCN(CC)CCNC(=O)c1cc2cccc(OCc3ccccc3)c2[nH]1.